The summed E-state index contributed by atoms with van der Waals surface area (Å²) in [4.78, 5) is 14.0. The number of nitrogens with zero attached hydrogens (tertiary/aromatic N) is 6. The number of hydrogen-bond acceptors (Lipinski definition) is 3. The molecular weight excluding hydrogens is 468 g/mol. The molecule has 0 unspecified atom stereocenters. The number of imidazole rings is 2. The minimum atomic E-state index is 0.896. The SMILES string of the molecule is CCc1cn(-c2cc(-n3cnc(CC)c3)cc(-n3c4cc5c(cc4c4ncccc43)C=CC=CC5)c2)cn1. The summed E-state index contributed by atoms with van der Waals surface area (Å²) < 4.78 is 6.56. The van der Waals surface area contributed by atoms with E-state index in [0.29, 0.717) is 0 Å². The van der Waals surface area contributed by atoms with Crippen molar-refractivity contribution in [3.63, 3.8) is 0 Å². The van der Waals surface area contributed by atoms with Crippen molar-refractivity contribution >= 4 is 28.0 Å². The molecule has 4 heterocycles. The number of pyridine rings is 1. The fourth-order valence-electron chi connectivity index (χ4n) is 5.36. The molecule has 2 aromatic carbocycles. The predicted octanol–water partition coefficient (Wildman–Crippen LogP) is 6.80. The molecule has 4 aromatic heterocycles. The highest BCUT2D eigenvalue weighted by Crippen LogP contribution is 2.35. The van der Waals surface area contributed by atoms with Crippen molar-refractivity contribution in [1.29, 1.82) is 0 Å². The lowest BCUT2D eigenvalue weighted by molar-refractivity contribution is 1.01. The van der Waals surface area contributed by atoms with Gasteiger partial charge >= 0.3 is 0 Å². The van der Waals surface area contributed by atoms with Gasteiger partial charge < -0.3 is 13.7 Å². The Hall–Kier alpha value is -4.71. The van der Waals surface area contributed by atoms with Crippen LogP contribution in [0.4, 0.5) is 0 Å². The third kappa shape index (κ3) is 3.68. The lowest BCUT2D eigenvalue weighted by atomic mass is 10.0. The van der Waals surface area contributed by atoms with Crippen LogP contribution in [-0.2, 0) is 19.3 Å². The maximum Gasteiger partial charge on any atom is 0.0995 e. The first kappa shape index (κ1) is 22.5. The Morgan fingerprint density at radius 1 is 0.763 bits per heavy atom. The maximum atomic E-state index is 4.83. The van der Waals surface area contributed by atoms with Gasteiger partial charge in [-0.2, -0.15) is 0 Å². The van der Waals surface area contributed by atoms with E-state index < -0.39 is 0 Å². The van der Waals surface area contributed by atoms with E-state index in [-0.39, 0.29) is 0 Å². The lowest BCUT2D eigenvalue weighted by Gasteiger charge is -2.14. The molecular formula is C32H28N6. The third-order valence-electron chi connectivity index (χ3n) is 7.38. The van der Waals surface area contributed by atoms with Gasteiger partial charge in [0.15, 0.2) is 0 Å². The summed E-state index contributed by atoms with van der Waals surface area (Å²) in [6, 6.07) is 15.5. The van der Waals surface area contributed by atoms with E-state index in [4.69, 9.17) is 4.98 Å². The largest absolute Gasteiger partial charge is 0.307 e. The van der Waals surface area contributed by atoms with Gasteiger partial charge in [0.25, 0.3) is 0 Å². The fourth-order valence-corrected chi connectivity index (χ4v) is 5.36. The molecule has 6 heteroatoms. The van der Waals surface area contributed by atoms with Crippen LogP contribution >= 0.6 is 0 Å². The molecule has 0 saturated heterocycles. The Kier molecular flexibility index (Phi) is 5.32. The molecule has 0 fully saturated rings. The predicted molar refractivity (Wildman–Crippen MR) is 153 cm³/mol. The molecule has 186 valence electrons. The molecule has 0 amide bonds. The van der Waals surface area contributed by atoms with Gasteiger partial charge in [0.05, 0.1) is 57.7 Å². The van der Waals surface area contributed by atoms with Crippen molar-refractivity contribution in [2.75, 3.05) is 0 Å². The number of allylic oxidation sites excluding steroid dienone is 3. The van der Waals surface area contributed by atoms with E-state index in [1.54, 1.807) is 0 Å². The average Bonchev–Trinajstić information content (AvgIpc) is 3.66. The first-order valence-corrected chi connectivity index (χ1v) is 13.2. The minimum Gasteiger partial charge on any atom is -0.307 e. The monoisotopic (exact) mass is 496 g/mol. The van der Waals surface area contributed by atoms with Crippen LogP contribution in [0.1, 0.15) is 36.4 Å². The normalized spacial score (nSPS) is 12.9. The van der Waals surface area contributed by atoms with Crippen LogP contribution in [0.3, 0.4) is 0 Å². The maximum absolute atomic E-state index is 4.83. The van der Waals surface area contributed by atoms with Crippen LogP contribution in [-0.4, -0.2) is 28.7 Å². The zero-order chi connectivity index (χ0) is 25.6. The van der Waals surface area contributed by atoms with Crippen LogP contribution in [0.5, 0.6) is 0 Å². The summed E-state index contributed by atoms with van der Waals surface area (Å²) in [6.45, 7) is 4.26. The van der Waals surface area contributed by atoms with Crippen molar-refractivity contribution in [2.24, 2.45) is 0 Å². The first-order valence-electron chi connectivity index (χ1n) is 13.2. The Balaban J connectivity index is 1.52. The highest BCUT2D eigenvalue weighted by Gasteiger charge is 2.17. The summed E-state index contributed by atoms with van der Waals surface area (Å²) in [5, 5.41) is 1.16. The minimum absolute atomic E-state index is 0.896. The summed E-state index contributed by atoms with van der Waals surface area (Å²) in [5.74, 6) is 0. The molecule has 0 spiro atoms. The van der Waals surface area contributed by atoms with Gasteiger partial charge in [0.2, 0.25) is 0 Å². The molecule has 6 nitrogen and oxygen atoms in total. The second-order valence-electron chi connectivity index (χ2n) is 9.73. The molecule has 7 rings (SSSR count). The van der Waals surface area contributed by atoms with E-state index in [1.807, 2.05) is 24.9 Å². The Bertz CT molecular complexity index is 1820. The number of rotatable bonds is 5. The van der Waals surface area contributed by atoms with Gasteiger partial charge in [-0.15, -0.1) is 0 Å². The van der Waals surface area contributed by atoms with Gasteiger partial charge in [-0.3, -0.25) is 4.98 Å². The number of aryl methyl sites for hydroxylation is 2. The van der Waals surface area contributed by atoms with Crippen LogP contribution in [0, 0.1) is 0 Å². The van der Waals surface area contributed by atoms with Gasteiger partial charge in [-0.1, -0.05) is 38.2 Å². The lowest BCUT2D eigenvalue weighted by Crippen LogP contribution is -2.02. The van der Waals surface area contributed by atoms with Gasteiger partial charge in [0, 0.05) is 24.0 Å². The molecule has 6 aromatic rings. The number of hydrogen-bond donors (Lipinski definition) is 0. The molecule has 0 atom stereocenters. The number of aromatic nitrogens is 6. The second kappa shape index (κ2) is 8.99. The summed E-state index contributed by atoms with van der Waals surface area (Å²) in [7, 11) is 0. The topological polar surface area (TPSA) is 53.5 Å². The smallest absolute Gasteiger partial charge is 0.0995 e. The van der Waals surface area contributed by atoms with Crippen molar-refractivity contribution in [2.45, 2.75) is 33.1 Å². The van der Waals surface area contributed by atoms with E-state index >= 15 is 0 Å². The third-order valence-corrected chi connectivity index (χ3v) is 7.38. The first-order chi connectivity index (χ1) is 18.7. The molecule has 0 saturated carbocycles. The molecule has 0 N–H and O–H groups in total. The summed E-state index contributed by atoms with van der Waals surface area (Å²) >= 11 is 0. The molecule has 0 bridgehead atoms. The van der Waals surface area contributed by atoms with E-state index in [1.165, 1.54) is 11.1 Å². The fraction of sp³-hybridized carbons (Fsp3) is 0.156. The van der Waals surface area contributed by atoms with Gasteiger partial charge in [0.1, 0.15) is 0 Å². The standard InChI is InChI=1S/C32H28N6/c1-3-24-18-36(20-34-24)26-15-27(37-19-25(4-2)35-21-37)17-28(16-26)38-30-11-8-12-33-32(30)29-13-22-9-6-5-7-10-23(22)14-31(29)38/h5-9,11-21H,3-4,10H2,1-2H3. The van der Waals surface area contributed by atoms with Crippen molar-refractivity contribution in [3.8, 4) is 17.1 Å². The highest BCUT2D eigenvalue weighted by molar-refractivity contribution is 6.08. The van der Waals surface area contributed by atoms with Gasteiger partial charge in [-0.25, -0.2) is 9.97 Å². The summed E-state index contributed by atoms with van der Waals surface area (Å²) in [5.41, 5.74) is 11.1. The number of fused-ring (bicyclic) bond motifs is 4. The molecule has 0 radical (unpaired) electrons. The Morgan fingerprint density at radius 3 is 2.16 bits per heavy atom. The number of benzene rings is 2. The van der Waals surface area contributed by atoms with Crippen molar-refractivity contribution < 1.29 is 0 Å². The highest BCUT2D eigenvalue weighted by atomic mass is 15.1. The summed E-state index contributed by atoms with van der Waals surface area (Å²) in [6.07, 6.45) is 21.3. The quantitative estimate of drug-likeness (QED) is 0.264. The molecule has 0 aliphatic heterocycles. The van der Waals surface area contributed by atoms with Gasteiger partial charge in [-0.05, 0) is 72.9 Å². The zero-order valence-corrected chi connectivity index (χ0v) is 21.5. The van der Waals surface area contributed by atoms with E-state index in [0.717, 1.165) is 69.6 Å². The Labute approximate surface area is 221 Å². The van der Waals surface area contributed by atoms with Crippen LogP contribution in [0.2, 0.25) is 0 Å². The molecule has 38 heavy (non-hydrogen) atoms. The zero-order valence-electron chi connectivity index (χ0n) is 21.5. The van der Waals surface area contributed by atoms with Crippen LogP contribution in [0.25, 0.3) is 45.1 Å². The average molecular weight is 497 g/mol. The van der Waals surface area contributed by atoms with E-state index in [9.17, 15) is 0 Å². The van der Waals surface area contributed by atoms with Crippen molar-refractivity contribution in [3.05, 3.63) is 114 Å². The van der Waals surface area contributed by atoms with Crippen LogP contribution in [0.15, 0.2) is 91.9 Å². The Morgan fingerprint density at radius 2 is 1.47 bits per heavy atom. The van der Waals surface area contributed by atoms with E-state index in [2.05, 4.69) is 111 Å². The van der Waals surface area contributed by atoms with Crippen molar-refractivity contribution in [1.82, 2.24) is 28.7 Å². The molecule has 1 aliphatic carbocycles. The second-order valence-corrected chi connectivity index (χ2v) is 9.73. The van der Waals surface area contributed by atoms with Crippen LogP contribution < -0.4 is 0 Å². The molecule has 1 aliphatic rings.